The number of hydrogen-bond acceptors (Lipinski definition) is 4. The number of nitrogens with zero attached hydrogens (tertiary/aromatic N) is 4. The largest absolute Gasteiger partial charge is 0.262 e. The van der Waals surface area contributed by atoms with Crippen LogP contribution in [0.25, 0.3) is 17.0 Å². The average Bonchev–Trinajstić information content (AvgIpc) is 2.84. The van der Waals surface area contributed by atoms with Crippen LogP contribution in [0, 0.1) is 0 Å². The molecule has 0 aliphatic carbocycles. The van der Waals surface area contributed by atoms with Gasteiger partial charge < -0.3 is 0 Å². The van der Waals surface area contributed by atoms with E-state index in [4.69, 9.17) is 11.6 Å². The molecule has 0 radical (unpaired) electrons. The fourth-order valence-electron chi connectivity index (χ4n) is 1.43. The van der Waals surface area contributed by atoms with Crippen LogP contribution in [0.4, 0.5) is 0 Å². The zero-order valence-corrected chi connectivity index (χ0v) is 10.9. The molecule has 0 aliphatic rings. The molecular weight excluding hydrogens is 312 g/mol. The fourth-order valence-corrected chi connectivity index (χ4v) is 2.79. The summed E-state index contributed by atoms with van der Waals surface area (Å²) in [5.74, 6) is 0.726. The Hall–Kier alpha value is -0.980. The Balaban J connectivity index is 2.32. The van der Waals surface area contributed by atoms with Gasteiger partial charge in [-0.05, 0) is 22.0 Å². The number of rotatable bonds is 1. The second-order valence-electron chi connectivity index (χ2n) is 3.09. The first-order valence-electron chi connectivity index (χ1n) is 4.35. The van der Waals surface area contributed by atoms with Crippen LogP contribution in [0.1, 0.15) is 0 Å². The van der Waals surface area contributed by atoms with Crippen LogP contribution in [-0.4, -0.2) is 19.6 Å². The highest BCUT2D eigenvalue weighted by Crippen LogP contribution is 2.29. The van der Waals surface area contributed by atoms with E-state index in [2.05, 4.69) is 31.1 Å². The third-order valence-electron chi connectivity index (χ3n) is 2.10. The summed E-state index contributed by atoms with van der Waals surface area (Å²) in [5.41, 5.74) is 1.63. The summed E-state index contributed by atoms with van der Waals surface area (Å²) in [6.07, 6.45) is 3.20. The van der Waals surface area contributed by atoms with Crippen LogP contribution in [0.2, 0.25) is 5.15 Å². The molecule has 0 fully saturated rings. The van der Waals surface area contributed by atoms with Gasteiger partial charge in [-0.1, -0.05) is 11.6 Å². The van der Waals surface area contributed by atoms with E-state index in [1.165, 1.54) is 0 Å². The first-order chi connectivity index (χ1) is 7.75. The monoisotopic (exact) mass is 314 g/mol. The zero-order chi connectivity index (χ0) is 11.1. The lowest BCUT2D eigenvalue weighted by Crippen LogP contribution is -1.91. The molecule has 0 unspecified atom stereocenters. The molecule has 3 heterocycles. The fraction of sp³-hybridized carbons (Fsp3) is 0. The third kappa shape index (κ3) is 1.53. The van der Waals surface area contributed by atoms with Crippen molar-refractivity contribution in [3.05, 3.63) is 32.8 Å². The third-order valence-corrected chi connectivity index (χ3v) is 3.87. The Morgan fingerprint density at radius 2 is 2.19 bits per heavy atom. The number of hydrogen-bond donors (Lipinski definition) is 0. The van der Waals surface area contributed by atoms with Gasteiger partial charge in [-0.3, -0.25) is 9.38 Å². The van der Waals surface area contributed by atoms with E-state index in [-0.39, 0.29) is 0 Å². The molecule has 0 aromatic carbocycles. The van der Waals surface area contributed by atoms with Crippen molar-refractivity contribution in [3.63, 3.8) is 0 Å². The normalized spacial score (nSPS) is 11.1. The quantitative estimate of drug-likeness (QED) is 0.692. The highest BCUT2D eigenvalue weighted by Gasteiger charge is 2.11. The minimum Gasteiger partial charge on any atom is -0.262 e. The number of halogens is 2. The second kappa shape index (κ2) is 3.80. The molecule has 0 bridgehead atoms. The van der Waals surface area contributed by atoms with Crippen molar-refractivity contribution in [1.82, 2.24) is 19.6 Å². The van der Waals surface area contributed by atoms with Crippen molar-refractivity contribution in [3.8, 4) is 11.4 Å². The van der Waals surface area contributed by atoms with E-state index in [1.807, 2.05) is 11.4 Å². The number of thiophene rings is 1. The molecule has 3 rings (SSSR count). The minimum absolute atomic E-state index is 0.500. The lowest BCUT2D eigenvalue weighted by atomic mass is 10.3. The van der Waals surface area contributed by atoms with Gasteiger partial charge in [0.25, 0.3) is 0 Å². The van der Waals surface area contributed by atoms with E-state index in [1.54, 1.807) is 28.1 Å². The predicted molar refractivity (Wildman–Crippen MR) is 66.8 cm³/mol. The first kappa shape index (κ1) is 10.2. The van der Waals surface area contributed by atoms with E-state index in [9.17, 15) is 0 Å². The van der Waals surface area contributed by atoms with Gasteiger partial charge in [-0.15, -0.1) is 21.5 Å². The number of fused-ring (bicyclic) bond motifs is 1. The van der Waals surface area contributed by atoms with Gasteiger partial charge in [-0.25, -0.2) is 0 Å². The summed E-state index contributed by atoms with van der Waals surface area (Å²) in [6, 6.07) is 1.98. The molecular formula is C9H4BrClN4S. The van der Waals surface area contributed by atoms with Gasteiger partial charge in [0.2, 0.25) is 0 Å². The zero-order valence-electron chi connectivity index (χ0n) is 7.76. The molecule has 3 aromatic heterocycles. The van der Waals surface area contributed by atoms with E-state index < -0.39 is 0 Å². The molecule has 80 valence electrons. The van der Waals surface area contributed by atoms with Gasteiger partial charge in [0.15, 0.2) is 11.5 Å². The summed E-state index contributed by atoms with van der Waals surface area (Å²) in [6.45, 7) is 0. The molecule has 0 N–H and O–H groups in total. The Kier molecular flexibility index (Phi) is 2.42. The molecule has 0 aliphatic heterocycles. The molecule has 0 amide bonds. The molecule has 4 nitrogen and oxygen atoms in total. The highest BCUT2D eigenvalue weighted by atomic mass is 79.9. The van der Waals surface area contributed by atoms with Crippen LogP contribution in [0.15, 0.2) is 27.6 Å². The molecule has 7 heteroatoms. The Labute approximate surface area is 108 Å². The van der Waals surface area contributed by atoms with Crippen LogP contribution >= 0.6 is 38.9 Å². The molecule has 16 heavy (non-hydrogen) atoms. The molecule has 0 saturated heterocycles. The smallest absolute Gasteiger partial charge is 0.180 e. The van der Waals surface area contributed by atoms with Crippen LogP contribution in [0.3, 0.4) is 0 Å². The highest BCUT2D eigenvalue weighted by molar-refractivity contribution is 9.11. The Morgan fingerprint density at radius 1 is 1.31 bits per heavy atom. The standard InChI is InChI=1S/C9H4BrClN4S/c10-6-1-5(4-16-6)9-14-13-8-3-12-2-7(11)15(8)9/h1-4H. The van der Waals surface area contributed by atoms with Crippen molar-refractivity contribution in [2.24, 2.45) is 0 Å². The van der Waals surface area contributed by atoms with Crippen molar-refractivity contribution < 1.29 is 0 Å². The van der Waals surface area contributed by atoms with Gasteiger partial charge in [0, 0.05) is 10.9 Å². The van der Waals surface area contributed by atoms with Gasteiger partial charge >= 0.3 is 0 Å². The summed E-state index contributed by atoms with van der Waals surface area (Å²) < 4.78 is 2.81. The predicted octanol–water partition coefficient (Wildman–Crippen LogP) is 3.27. The number of aromatic nitrogens is 4. The van der Waals surface area contributed by atoms with Gasteiger partial charge in [0.1, 0.15) is 5.15 Å². The summed E-state index contributed by atoms with van der Waals surface area (Å²) in [4.78, 5) is 3.96. The van der Waals surface area contributed by atoms with Crippen molar-refractivity contribution in [2.45, 2.75) is 0 Å². The Morgan fingerprint density at radius 3 is 2.94 bits per heavy atom. The summed E-state index contributed by atoms with van der Waals surface area (Å²) in [7, 11) is 0. The maximum absolute atomic E-state index is 6.07. The van der Waals surface area contributed by atoms with Crippen molar-refractivity contribution >= 4 is 44.5 Å². The first-order valence-corrected chi connectivity index (χ1v) is 6.40. The van der Waals surface area contributed by atoms with E-state index >= 15 is 0 Å². The van der Waals surface area contributed by atoms with E-state index in [0.29, 0.717) is 10.8 Å². The van der Waals surface area contributed by atoms with E-state index in [0.717, 1.165) is 15.2 Å². The van der Waals surface area contributed by atoms with Crippen molar-refractivity contribution in [1.29, 1.82) is 0 Å². The average molecular weight is 316 g/mol. The lowest BCUT2D eigenvalue weighted by molar-refractivity contribution is 1.11. The lowest BCUT2D eigenvalue weighted by Gasteiger charge is -1.98. The molecule has 0 saturated carbocycles. The second-order valence-corrected chi connectivity index (χ2v) is 5.76. The van der Waals surface area contributed by atoms with Crippen LogP contribution < -0.4 is 0 Å². The molecule has 3 aromatic rings. The maximum Gasteiger partial charge on any atom is 0.180 e. The van der Waals surface area contributed by atoms with Gasteiger partial charge in [0.05, 0.1) is 16.2 Å². The van der Waals surface area contributed by atoms with Crippen LogP contribution in [0.5, 0.6) is 0 Å². The summed E-state index contributed by atoms with van der Waals surface area (Å²) in [5, 5.41) is 10.6. The summed E-state index contributed by atoms with van der Waals surface area (Å²) >= 11 is 11.1. The SMILES string of the molecule is Clc1cncc2nnc(-c3csc(Br)c3)n12. The Bertz CT molecular complexity index is 662. The molecule has 0 atom stereocenters. The van der Waals surface area contributed by atoms with Crippen molar-refractivity contribution in [2.75, 3.05) is 0 Å². The minimum atomic E-state index is 0.500. The maximum atomic E-state index is 6.07. The van der Waals surface area contributed by atoms with Crippen LogP contribution in [-0.2, 0) is 0 Å². The molecule has 0 spiro atoms. The van der Waals surface area contributed by atoms with Gasteiger partial charge in [-0.2, -0.15) is 0 Å². The topological polar surface area (TPSA) is 43.1 Å².